The number of aldehydes is 1. The largest absolute Gasteiger partial charge is 0.480 e. The Labute approximate surface area is 117 Å². The van der Waals surface area contributed by atoms with Crippen LogP contribution in [0.25, 0.3) is 0 Å². The quantitative estimate of drug-likeness (QED) is 0.296. The van der Waals surface area contributed by atoms with Crippen LogP contribution in [0.3, 0.4) is 0 Å². The highest BCUT2D eigenvalue weighted by Gasteiger charge is 1.96. The monoisotopic (exact) mass is 294 g/mol. The summed E-state index contributed by atoms with van der Waals surface area (Å²) in [5.41, 5.74) is 0. The molecule has 0 aromatic carbocycles. The van der Waals surface area contributed by atoms with E-state index in [1.54, 1.807) is 0 Å². The molecule has 0 atom stereocenters. The maximum Gasteiger partial charge on any atom is 0.329 e. The van der Waals surface area contributed by atoms with Crippen LogP contribution >= 0.6 is 0 Å². The van der Waals surface area contributed by atoms with Crippen molar-refractivity contribution in [2.45, 2.75) is 0 Å². The van der Waals surface area contributed by atoms with Gasteiger partial charge in [0.05, 0.1) is 52.9 Å². The first-order chi connectivity index (χ1) is 9.77. The van der Waals surface area contributed by atoms with Crippen LogP contribution in [0.15, 0.2) is 0 Å². The average molecular weight is 294 g/mol. The summed E-state index contributed by atoms with van der Waals surface area (Å²) in [6.07, 6.45) is 0.690. The van der Waals surface area contributed by atoms with Crippen LogP contribution in [-0.2, 0) is 33.3 Å². The van der Waals surface area contributed by atoms with Gasteiger partial charge in [0.1, 0.15) is 19.5 Å². The molecule has 0 radical (unpaired) electrons. The molecule has 0 saturated heterocycles. The van der Waals surface area contributed by atoms with Gasteiger partial charge in [0, 0.05) is 0 Å². The first kappa shape index (κ1) is 18.9. The van der Waals surface area contributed by atoms with Crippen LogP contribution in [0.1, 0.15) is 0 Å². The Kier molecular flexibility index (Phi) is 15.1. The van der Waals surface area contributed by atoms with Gasteiger partial charge in [0.15, 0.2) is 0 Å². The third-order valence-corrected chi connectivity index (χ3v) is 1.90. The molecule has 0 aromatic rings. The predicted octanol–water partition coefficient (Wildman–Crippen LogP) is -0.647. The smallest absolute Gasteiger partial charge is 0.329 e. The van der Waals surface area contributed by atoms with Gasteiger partial charge in [-0.25, -0.2) is 4.79 Å². The second-order valence-electron chi connectivity index (χ2n) is 3.53. The molecule has 0 rings (SSSR count). The molecular weight excluding hydrogens is 272 g/mol. The molecule has 0 fully saturated rings. The van der Waals surface area contributed by atoms with Crippen molar-refractivity contribution in [2.24, 2.45) is 0 Å². The van der Waals surface area contributed by atoms with Gasteiger partial charge in [-0.05, 0) is 0 Å². The molecule has 0 amide bonds. The topological polar surface area (TPSA) is 101 Å². The summed E-state index contributed by atoms with van der Waals surface area (Å²) in [5, 5.41) is 8.30. The number of carbonyl (C=O) groups excluding carboxylic acids is 1. The average Bonchev–Trinajstić information content (AvgIpc) is 2.43. The summed E-state index contributed by atoms with van der Waals surface area (Å²) in [6, 6.07) is 0. The van der Waals surface area contributed by atoms with E-state index < -0.39 is 5.97 Å². The van der Waals surface area contributed by atoms with E-state index in [1.807, 2.05) is 0 Å². The van der Waals surface area contributed by atoms with Crippen molar-refractivity contribution in [1.82, 2.24) is 0 Å². The van der Waals surface area contributed by atoms with Crippen LogP contribution in [0, 0.1) is 0 Å². The highest BCUT2D eigenvalue weighted by molar-refractivity contribution is 5.67. The lowest BCUT2D eigenvalue weighted by atomic mass is 10.7. The van der Waals surface area contributed by atoms with Gasteiger partial charge in [-0.2, -0.15) is 0 Å². The Hall–Kier alpha value is -1.06. The second kappa shape index (κ2) is 16.0. The lowest BCUT2D eigenvalue weighted by molar-refractivity contribution is -0.142. The minimum Gasteiger partial charge on any atom is -0.480 e. The molecule has 8 nitrogen and oxygen atoms in total. The van der Waals surface area contributed by atoms with Crippen molar-refractivity contribution >= 4 is 12.3 Å². The predicted molar refractivity (Wildman–Crippen MR) is 67.8 cm³/mol. The van der Waals surface area contributed by atoms with Crippen LogP contribution in [-0.4, -0.2) is 83.4 Å². The fourth-order valence-electron chi connectivity index (χ4n) is 1.07. The first-order valence-electron chi connectivity index (χ1n) is 6.31. The number of hydrogen-bond acceptors (Lipinski definition) is 7. The molecule has 8 heteroatoms. The van der Waals surface area contributed by atoms with E-state index in [4.69, 9.17) is 28.8 Å². The summed E-state index contributed by atoms with van der Waals surface area (Å²) in [7, 11) is 0. The van der Waals surface area contributed by atoms with Gasteiger partial charge in [0.25, 0.3) is 0 Å². The zero-order chi connectivity index (χ0) is 14.9. The molecule has 0 aliphatic carbocycles. The van der Waals surface area contributed by atoms with E-state index in [2.05, 4.69) is 0 Å². The van der Waals surface area contributed by atoms with E-state index >= 15 is 0 Å². The van der Waals surface area contributed by atoms with Gasteiger partial charge < -0.3 is 33.6 Å². The standard InChI is InChI=1S/C12H22O8/c13-1-2-16-3-4-17-5-6-18-7-8-19-9-10-20-11-12(14)15/h1H,2-11H2,(H,14,15). The van der Waals surface area contributed by atoms with E-state index in [-0.39, 0.29) is 19.8 Å². The molecule has 0 aliphatic rings. The number of carboxylic acid groups (broad SMARTS) is 1. The van der Waals surface area contributed by atoms with Crippen molar-refractivity contribution in [3.05, 3.63) is 0 Å². The number of carbonyl (C=O) groups is 2. The highest BCUT2D eigenvalue weighted by atomic mass is 16.6. The Morgan fingerprint density at radius 2 is 1.15 bits per heavy atom. The number of rotatable bonds is 16. The Morgan fingerprint density at radius 1 is 0.750 bits per heavy atom. The molecular formula is C12H22O8. The molecule has 0 aromatic heterocycles. The molecule has 0 saturated carbocycles. The highest BCUT2D eigenvalue weighted by Crippen LogP contribution is 1.83. The van der Waals surface area contributed by atoms with Crippen LogP contribution in [0.4, 0.5) is 0 Å². The van der Waals surface area contributed by atoms with E-state index in [9.17, 15) is 9.59 Å². The maximum absolute atomic E-state index is 10.1. The van der Waals surface area contributed by atoms with Gasteiger partial charge in [-0.1, -0.05) is 0 Å². The van der Waals surface area contributed by atoms with E-state index in [1.165, 1.54) is 0 Å². The van der Waals surface area contributed by atoms with Gasteiger partial charge >= 0.3 is 5.97 Å². The summed E-state index contributed by atoms with van der Waals surface area (Å²) in [6.45, 7) is 2.92. The zero-order valence-electron chi connectivity index (χ0n) is 11.5. The normalized spacial score (nSPS) is 10.6. The fraction of sp³-hybridized carbons (Fsp3) is 0.833. The van der Waals surface area contributed by atoms with Crippen molar-refractivity contribution < 1.29 is 38.4 Å². The number of carboxylic acids is 1. The molecule has 0 spiro atoms. The van der Waals surface area contributed by atoms with Crippen molar-refractivity contribution in [3.8, 4) is 0 Å². The Bertz CT molecular complexity index is 233. The van der Waals surface area contributed by atoms with Gasteiger partial charge in [0.2, 0.25) is 0 Å². The number of aliphatic carboxylic acids is 1. The molecule has 118 valence electrons. The summed E-state index contributed by atoms with van der Waals surface area (Å²) >= 11 is 0. The van der Waals surface area contributed by atoms with E-state index in [0.717, 1.165) is 0 Å². The third kappa shape index (κ3) is 16.9. The molecule has 0 aliphatic heterocycles. The zero-order valence-corrected chi connectivity index (χ0v) is 11.5. The van der Waals surface area contributed by atoms with Gasteiger partial charge in [-0.3, -0.25) is 0 Å². The Balaban J connectivity index is 2.95. The minimum absolute atomic E-state index is 0.0907. The fourth-order valence-corrected chi connectivity index (χ4v) is 1.07. The van der Waals surface area contributed by atoms with Crippen molar-refractivity contribution in [2.75, 3.05) is 66.1 Å². The summed E-state index contributed by atoms with van der Waals surface area (Å²) in [5.74, 6) is -0.995. The van der Waals surface area contributed by atoms with Crippen LogP contribution < -0.4 is 0 Å². The lowest BCUT2D eigenvalue weighted by Crippen LogP contribution is -2.14. The second-order valence-corrected chi connectivity index (χ2v) is 3.53. The Morgan fingerprint density at radius 3 is 1.55 bits per heavy atom. The molecule has 0 bridgehead atoms. The SMILES string of the molecule is O=CCOCCOCCOCCOCCOCC(=O)O. The minimum atomic E-state index is -0.995. The van der Waals surface area contributed by atoms with Crippen LogP contribution in [0.2, 0.25) is 0 Å². The molecule has 0 unspecified atom stereocenters. The molecule has 20 heavy (non-hydrogen) atoms. The number of hydrogen-bond donors (Lipinski definition) is 1. The first-order valence-corrected chi connectivity index (χ1v) is 6.31. The summed E-state index contributed by atoms with van der Waals surface area (Å²) in [4.78, 5) is 20.0. The lowest BCUT2D eigenvalue weighted by Gasteiger charge is -2.06. The number of ether oxygens (including phenoxy) is 5. The van der Waals surface area contributed by atoms with Gasteiger partial charge in [-0.15, -0.1) is 0 Å². The van der Waals surface area contributed by atoms with Crippen molar-refractivity contribution in [1.29, 1.82) is 0 Å². The van der Waals surface area contributed by atoms with Crippen molar-refractivity contribution in [3.63, 3.8) is 0 Å². The van der Waals surface area contributed by atoms with E-state index in [0.29, 0.717) is 52.5 Å². The summed E-state index contributed by atoms with van der Waals surface area (Å²) < 4.78 is 25.2. The third-order valence-electron chi connectivity index (χ3n) is 1.90. The maximum atomic E-state index is 10.1. The van der Waals surface area contributed by atoms with Crippen LogP contribution in [0.5, 0.6) is 0 Å². The molecule has 1 N–H and O–H groups in total. The molecule has 0 heterocycles.